The number of nitrogens with one attached hydrogen (secondary N) is 2. The first kappa shape index (κ1) is 30.1. The zero-order valence-corrected chi connectivity index (χ0v) is 24.1. The number of carbonyl (C=O) groups is 2. The van der Waals surface area contributed by atoms with Crippen LogP contribution in [0, 0.1) is 0 Å². The van der Waals surface area contributed by atoms with Gasteiger partial charge in [0.2, 0.25) is 0 Å². The highest BCUT2D eigenvalue weighted by atomic mass is 35.5. The van der Waals surface area contributed by atoms with Crippen LogP contribution in [0.2, 0.25) is 5.02 Å². The number of rotatable bonds is 11. The smallest absolute Gasteiger partial charge is 0.343 e. The van der Waals surface area contributed by atoms with E-state index >= 15 is 0 Å². The van der Waals surface area contributed by atoms with Gasteiger partial charge in [-0.25, -0.2) is 18.6 Å². The molecule has 0 bridgehead atoms. The van der Waals surface area contributed by atoms with Gasteiger partial charge in [-0.1, -0.05) is 23.7 Å². The second-order valence-corrected chi connectivity index (χ2v) is 10.7. The Balaban J connectivity index is 1.45. The lowest BCUT2D eigenvalue weighted by atomic mass is 10.2. The standard InChI is InChI=1S/C30H26ClN3O7S/c1-3-40-28-18-20(8-17-27(28)41-30(36)21-9-13-23(39-2)14-10-21)19-32-33-29(35)25-6-4-5-7-26(25)34-42(37,38)24-15-11-22(31)12-16-24/h4-19,34H,3H2,1-2H3,(H,33,35)/b32-19-. The Hall–Kier alpha value is -4.87. The first-order valence-corrected chi connectivity index (χ1v) is 14.4. The average molecular weight is 608 g/mol. The molecule has 0 aromatic heterocycles. The summed E-state index contributed by atoms with van der Waals surface area (Å²) in [7, 11) is -2.44. The Labute approximate surface area is 247 Å². The lowest BCUT2D eigenvalue weighted by Gasteiger charge is -2.12. The van der Waals surface area contributed by atoms with Crippen molar-refractivity contribution in [3.63, 3.8) is 0 Å². The first-order valence-electron chi connectivity index (χ1n) is 12.5. The number of esters is 1. The second-order valence-electron chi connectivity index (χ2n) is 8.56. The third-order valence-corrected chi connectivity index (χ3v) is 7.35. The van der Waals surface area contributed by atoms with Crippen molar-refractivity contribution in [3.05, 3.63) is 113 Å². The van der Waals surface area contributed by atoms with Crippen molar-refractivity contribution < 1.29 is 32.2 Å². The highest BCUT2D eigenvalue weighted by molar-refractivity contribution is 7.92. The maximum atomic E-state index is 12.9. The van der Waals surface area contributed by atoms with Gasteiger partial charge in [-0.15, -0.1) is 0 Å². The number of methoxy groups -OCH3 is 1. The Morgan fingerprint density at radius 1 is 0.929 bits per heavy atom. The summed E-state index contributed by atoms with van der Waals surface area (Å²) in [5, 5.41) is 4.38. The van der Waals surface area contributed by atoms with Gasteiger partial charge in [0, 0.05) is 5.02 Å². The van der Waals surface area contributed by atoms with E-state index in [1.807, 2.05) is 0 Å². The molecule has 0 aliphatic heterocycles. The zero-order chi connectivity index (χ0) is 30.1. The van der Waals surface area contributed by atoms with E-state index in [9.17, 15) is 18.0 Å². The van der Waals surface area contributed by atoms with Crippen molar-refractivity contribution in [2.75, 3.05) is 18.4 Å². The minimum absolute atomic E-state index is 0.0108. The number of hydrazone groups is 1. The molecule has 216 valence electrons. The van der Waals surface area contributed by atoms with Gasteiger partial charge >= 0.3 is 5.97 Å². The van der Waals surface area contributed by atoms with Crippen molar-refractivity contribution >= 4 is 45.4 Å². The van der Waals surface area contributed by atoms with Gasteiger partial charge in [0.15, 0.2) is 11.5 Å². The van der Waals surface area contributed by atoms with Gasteiger partial charge in [0.1, 0.15) is 5.75 Å². The van der Waals surface area contributed by atoms with Gasteiger partial charge in [-0.3, -0.25) is 9.52 Å². The number of anilines is 1. The molecule has 4 rings (SSSR count). The minimum atomic E-state index is -3.98. The quantitative estimate of drug-likeness (QED) is 0.0991. The number of hydrogen-bond donors (Lipinski definition) is 2. The van der Waals surface area contributed by atoms with Crippen molar-refractivity contribution in [2.45, 2.75) is 11.8 Å². The van der Waals surface area contributed by atoms with E-state index in [2.05, 4.69) is 15.2 Å². The molecule has 0 unspecified atom stereocenters. The van der Waals surface area contributed by atoms with E-state index in [1.165, 1.54) is 49.7 Å². The molecular weight excluding hydrogens is 582 g/mol. The van der Waals surface area contributed by atoms with Crippen molar-refractivity contribution in [3.8, 4) is 17.2 Å². The predicted octanol–water partition coefficient (Wildman–Crippen LogP) is 5.53. The van der Waals surface area contributed by atoms with E-state index in [1.54, 1.807) is 61.5 Å². The van der Waals surface area contributed by atoms with Gasteiger partial charge < -0.3 is 14.2 Å². The molecule has 0 fully saturated rings. The first-order chi connectivity index (χ1) is 20.2. The molecule has 0 saturated heterocycles. The Bertz CT molecular complexity index is 1710. The molecule has 2 N–H and O–H groups in total. The normalized spacial score (nSPS) is 11.1. The predicted molar refractivity (Wildman–Crippen MR) is 159 cm³/mol. The van der Waals surface area contributed by atoms with Crippen LogP contribution < -0.4 is 24.4 Å². The number of halogens is 1. The monoisotopic (exact) mass is 607 g/mol. The molecule has 4 aromatic rings. The maximum absolute atomic E-state index is 12.9. The fourth-order valence-corrected chi connectivity index (χ4v) is 4.86. The summed E-state index contributed by atoms with van der Waals surface area (Å²) < 4.78 is 44.3. The van der Waals surface area contributed by atoms with Crippen molar-refractivity contribution in [1.82, 2.24) is 5.43 Å². The van der Waals surface area contributed by atoms with Gasteiger partial charge in [-0.2, -0.15) is 5.10 Å². The SMILES string of the molecule is CCOc1cc(/C=N\NC(=O)c2ccccc2NS(=O)(=O)c2ccc(Cl)cc2)ccc1OC(=O)c1ccc(OC)cc1. The Morgan fingerprint density at radius 3 is 2.33 bits per heavy atom. The molecule has 0 heterocycles. The van der Waals surface area contributed by atoms with Crippen LogP contribution in [0.25, 0.3) is 0 Å². The van der Waals surface area contributed by atoms with Gasteiger partial charge in [0.05, 0.1) is 41.6 Å². The Morgan fingerprint density at radius 2 is 1.64 bits per heavy atom. The highest BCUT2D eigenvalue weighted by Gasteiger charge is 2.19. The fraction of sp³-hybridized carbons (Fsp3) is 0.100. The van der Waals surface area contributed by atoms with Crippen LogP contribution in [-0.2, 0) is 10.0 Å². The van der Waals surface area contributed by atoms with Crippen LogP contribution in [-0.4, -0.2) is 40.2 Å². The molecule has 1 amide bonds. The molecule has 10 nitrogen and oxygen atoms in total. The van der Waals surface area contributed by atoms with Crippen molar-refractivity contribution in [2.24, 2.45) is 5.10 Å². The molecule has 0 saturated carbocycles. The number of hydrogen-bond acceptors (Lipinski definition) is 8. The maximum Gasteiger partial charge on any atom is 0.343 e. The fourth-order valence-electron chi connectivity index (χ4n) is 3.66. The summed E-state index contributed by atoms with van der Waals surface area (Å²) in [5.41, 5.74) is 3.40. The van der Waals surface area contributed by atoms with Gasteiger partial charge in [-0.05, 0) is 91.3 Å². The molecule has 42 heavy (non-hydrogen) atoms. The number of ether oxygens (including phenoxy) is 3. The van der Waals surface area contributed by atoms with E-state index in [4.69, 9.17) is 25.8 Å². The van der Waals surface area contributed by atoms with E-state index in [-0.39, 0.29) is 21.9 Å². The second kappa shape index (κ2) is 13.7. The lowest BCUT2D eigenvalue weighted by Crippen LogP contribution is -2.21. The molecule has 0 spiro atoms. The van der Waals surface area contributed by atoms with Crippen LogP contribution in [0.5, 0.6) is 17.2 Å². The molecule has 0 aliphatic carbocycles. The lowest BCUT2D eigenvalue weighted by molar-refractivity contribution is 0.0728. The van der Waals surface area contributed by atoms with Crippen LogP contribution in [0.15, 0.2) is 101 Å². The highest BCUT2D eigenvalue weighted by Crippen LogP contribution is 2.29. The largest absolute Gasteiger partial charge is 0.497 e. The van der Waals surface area contributed by atoms with Crippen molar-refractivity contribution in [1.29, 1.82) is 0 Å². The number of amides is 1. The van der Waals surface area contributed by atoms with E-state index < -0.39 is 21.9 Å². The number of sulfonamides is 1. The topological polar surface area (TPSA) is 132 Å². The van der Waals surface area contributed by atoms with E-state index in [0.717, 1.165) is 0 Å². The molecular formula is C30H26ClN3O7S. The summed E-state index contributed by atoms with van der Waals surface area (Å²) >= 11 is 5.85. The Kier molecular flexibility index (Phi) is 9.79. The summed E-state index contributed by atoms with van der Waals surface area (Å²) in [6.07, 6.45) is 1.37. The summed E-state index contributed by atoms with van der Waals surface area (Å²) in [4.78, 5) is 25.5. The minimum Gasteiger partial charge on any atom is -0.497 e. The summed E-state index contributed by atoms with van der Waals surface area (Å²) in [6, 6.07) is 23.0. The summed E-state index contributed by atoms with van der Waals surface area (Å²) in [6.45, 7) is 2.10. The average Bonchev–Trinajstić information content (AvgIpc) is 2.98. The van der Waals surface area contributed by atoms with Crippen LogP contribution in [0.4, 0.5) is 5.69 Å². The molecule has 0 atom stereocenters. The number of nitrogens with zero attached hydrogens (tertiary/aromatic N) is 1. The third-order valence-electron chi connectivity index (χ3n) is 5.72. The van der Waals surface area contributed by atoms with Crippen LogP contribution >= 0.6 is 11.6 Å². The zero-order valence-electron chi connectivity index (χ0n) is 22.5. The third kappa shape index (κ3) is 7.65. The molecule has 0 aliphatic rings. The number of carbonyl (C=O) groups excluding carboxylic acids is 2. The number of para-hydroxylation sites is 1. The molecule has 12 heteroatoms. The molecule has 4 aromatic carbocycles. The van der Waals surface area contributed by atoms with Crippen LogP contribution in [0.1, 0.15) is 33.2 Å². The van der Waals surface area contributed by atoms with E-state index in [0.29, 0.717) is 34.3 Å². The van der Waals surface area contributed by atoms with Crippen LogP contribution in [0.3, 0.4) is 0 Å². The van der Waals surface area contributed by atoms with Gasteiger partial charge in [0.25, 0.3) is 15.9 Å². The summed E-state index contributed by atoms with van der Waals surface area (Å²) in [5.74, 6) is -0.0919. The number of benzene rings is 4. The molecule has 0 radical (unpaired) electrons.